The van der Waals surface area contributed by atoms with Gasteiger partial charge < -0.3 is 5.11 Å². The topological polar surface area (TPSA) is 20.2 Å². The van der Waals surface area contributed by atoms with E-state index in [1.165, 1.54) is 19.6 Å². The number of thiophene rings is 1. The summed E-state index contributed by atoms with van der Waals surface area (Å²) in [5.41, 5.74) is 4.81. The van der Waals surface area contributed by atoms with Gasteiger partial charge in [0, 0.05) is 6.42 Å². The smallest absolute Gasteiger partial charge is 0.0838 e. The molecule has 3 heteroatoms. The zero-order valence-electron chi connectivity index (χ0n) is 9.90. The van der Waals surface area contributed by atoms with Crippen LogP contribution in [0.25, 0.3) is 0 Å². The minimum Gasteiger partial charge on any atom is -0.388 e. The Balaban J connectivity index is 2.21. The van der Waals surface area contributed by atoms with Crippen LogP contribution in [0.15, 0.2) is 29.6 Å². The average molecular weight is 358 g/mol. The molecule has 1 aromatic heterocycles. The molecule has 0 spiro atoms. The van der Waals surface area contributed by atoms with Gasteiger partial charge in [0.2, 0.25) is 0 Å². The fourth-order valence-electron chi connectivity index (χ4n) is 1.98. The Morgan fingerprint density at radius 2 is 1.94 bits per heavy atom. The molecule has 17 heavy (non-hydrogen) atoms. The van der Waals surface area contributed by atoms with Crippen molar-refractivity contribution in [2.75, 3.05) is 0 Å². The summed E-state index contributed by atoms with van der Waals surface area (Å²) in [6.45, 7) is 4.21. The number of rotatable bonds is 3. The van der Waals surface area contributed by atoms with E-state index >= 15 is 0 Å². The third kappa shape index (κ3) is 3.09. The molecule has 0 amide bonds. The second-order valence-corrected chi connectivity index (χ2v) is 7.08. The largest absolute Gasteiger partial charge is 0.388 e. The molecule has 1 heterocycles. The Kier molecular flexibility index (Phi) is 4.22. The van der Waals surface area contributed by atoms with Gasteiger partial charge in [0.25, 0.3) is 0 Å². The molecule has 2 rings (SSSR count). The average Bonchev–Trinajstić information content (AvgIpc) is 2.70. The van der Waals surface area contributed by atoms with E-state index in [0.29, 0.717) is 6.42 Å². The molecule has 2 aromatic rings. The lowest BCUT2D eigenvalue weighted by molar-refractivity contribution is 0.178. The van der Waals surface area contributed by atoms with Crippen molar-refractivity contribution in [1.29, 1.82) is 0 Å². The summed E-state index contributed by atoms with van der Waals surface area (Å²) in [4.78, 5) is 0. The van der Waals surface area contributed by atoms with Crippen molar-refractivity contribution in [3.63, 3.8) is 0 Å². The predicted molar refractivity (Wildman–Crippen MR) is 81.6 cm³/mol. The van der Waals surface area contributed by atoms with Crippen LogP contribution < -0.4 is 0 Å². The Bertz CT molecular complexity index is 498. The van der Waals surface area contributed by atoms with Crippen molar-refractivity contribution in [1.82, 2.24) is 0 Å². The van der Waals surface area contributed by atoms with Crippen molar-refractivity contribution in [2.45, 2.75) is 26.4 Å². The van der Waals surface area contributed by atoms with E-state index < -0.39 is 6.10 Å². The highest BCUT2D eigenvalue weighted by Crippen LogP contribution is 2.26. The van der Waals surface area contributed by atoms with Crippen LogP contribution in [-0.4, -0.2) is 5.11 Å². The lowest BCUT2D eigenvalue weighted by Crippen LogP contribution is -2.03. The predicted octanol–water partition coefficient (Wildman–Crippen LogP) is 4.25. The summed E-state index contributed by atoms with van der Waals surface area (Å²) in [5, 5.41) is 12.3. The van der Waals surface area contributed by atoms with E-state index in [0.717, 1.165) is 5.56 Å². The summed E-state index contributed by atoms with van der Waals surface area (Å²) in [6, 6.07) is 8.33. The third-order valence-corrected chi connectivity index (χ3v) is 4.82. The van der Waals surface area contributed by atoms with Crippen molar-refractivity contribution in [3.05, 3.63) is 54.8 Å². The number of benzene rings is 1. The molecule has 90 valence electrons. The molecular formula is C14H15IOS. The fraction of sp³-hybridized carbons (Fsp3) is 0.286. The number of hydrogen-bond acceptors (Lipinski definition) is 2. The van der Waals surface area contributed by atoms with Crippen molar-refractivity contribution in [3.8, 4) is 0 Å². The summed E-state index contributed by atoms with van der Waals surface area (Å²) >= 11 is 3.96. The van der Waals surface area contributed by atoms with Crippen LogP contribution in [0.4, 0.5) is 0 Å². The quantitative estimate of drug-likeness (QED) is 0.814. The van der Waals surface area contributed by atoms with E-state index in [1.807, 2.05) is 5.38 Å². The number of aliphatic hydroxyl groups excluding tert-OH is 1. The first-order valence-electron chi connectivity index (χ1n) is 5.55. The van der Waals surface area contributed by atoms with Crippen molar-refractivity contribution < 1.29 is 5.11 Å². The maximum Gasteiger partial charge on any atom is 0.0838 e. The Morgan fingerprint density at radius 1 is 1.29 bits per heavy atom. The van der Waals surface area contributed by atoms with Crippen LogP contribution in [-0.2, 0) is 6.42 Å². The van der Waals surface area contributed by atoms with Crippen LogP contribution in [0, 0.1) is 16.7 Å². The maximum atomic E-state index is 10.2. The first-order chi connectivity index (χ1) is 8.08. The van der Waals surface area contributed by atoms with Gasteiger partial charge in [-0.3, -0.25) is 0 Å². The highest BCUT2D eigenvalue weighted by Gasteiger charge is 2.13. The van der Waals surface area contributed by atoms with Crippen LogP contribution in [0.3, 0.4) is 0 Å². The SMILES string of the molecule is Cc1cccc(C)c1CC(O)c1csc(I)c1. The van der Waals surface area contributed by atoms with Gasteiger partial charge in [0.05, 0.1) is 8.99 Å². The normalized spacial score (nSPS) is 12.7. The maximum absolute atomic E-state index is 10.2. The number of aryl methyl sites for hydroxylation is 2. The molecule has 0 radical (unpaired) electrons. The summed E-state index contributed by atoms with van der Waals surface area (Å²) in [6.07, 6.45) is 0.306. The van der Waals surface area contributed by atoms with Gasteiger partial charge in [-0.1, -0.05) is 18.2 Å². The molecule has 1 atom stereocenters. The van der Waals surface area contributed by atoms with Crippen molar-refractivity contribution in [2.24, 2.45) is 0 Å². The number of aliphatic hydroxyl groups is 1. The van der Waals surface area contributed by atoms with Gasteiger partial charge in [0.15, 0.2) is 0 Å². The monoisotopic (exact) mass is 358 g/mol. The molecular weight excluding hydrogens is 343 g/mol. The van der Waals surface area contributed by atoms with E-state index in [9.17, 15) is 5.11 Å². The summed E-state index contributed by atoms with van der Waals surface area (Å²) in [5.74, 6) is 0. The molecule has 0 bridgehead atoms. The third-order valence-electron chi connectivity index (χ3n) is 3.01. The molecule has 1 aromatic carbocycles. The van der Waals surface area contributed by atoms with Crippen molar-refractivity contribution >= 4 is 33.9 Å². The van der Waals surface area contributed by atoms with Gasteiger partial charge in [-0.15, -0.1) is 11.3 Å². The van der Waals surface area contributed by atoms with Gasteiger partial charge in [-0.2, -0.15) is 0 Å². The highest BCUT2D eigenvalue weighted by atomic mass is 127. The van der Waals surface area contributed by atoms with E-state index in [2.05, 4.69) is 60.7 Å². The molecule has 0 saturated carbocycles. The molecule has 0 saturated heterocycles. The minimum atomic E-state index is -0.394. The minimum absolute atomic E-state index is 0.394. The van der Waals surface area contributed by atoms with Gasteiger partial charge >= 0.3 is 0 Å². The first kappa shape index (κ1) is 13.1. The summed E-state index contributed by atoms with van der Waals surface area (Å²) in [7, 11) is 0. The molecule has 1 N–H and O–H groups in total. The Labute approximate surface area is 120 Å². The lowest BCUT2D eigenvalue weighted by Gasteiger charge is -2.13. The standard InChI is InChI=1S/C14H15IOS/c1-9-4-3-5-10(2)12(9)7-13(16)11-6-14(15)17-8-11/h3-6,8,13,16H,7H2,1-2H3. The summed E-state index contributed by atoms with van der Waals surface area (Å²) < 4.78 is 1.22. The van der Waals surface area contributed by atoms with Crippen LogP contribution >= 0.6 is 33.9 Å². The van der Waals surface area contributed by atoms with Gasteiger partial charge in [-0.25, -0.2) is 0 Å². The van der Waals surface area contributed by atoms with E-state index in [-0.39, 0.29) is 0 Å². The Morgan fingerprint density at radius 3 is 2.47 bits per heavy atom. The number of halogens is 1. The zero-order valence-corrected chi connectivity index (χ0v) is 12.9. The molecule has 0 fully saturated rings. The van der Waals surface area contributed by atoms with Crippen LogP contribution in [0.1, 0.15) is 28.4 Å². The van der Waals surface area contributed by atoms with Gasteiger partial charge in [0.1, 0.15) is 0 Å². The second-order valence-electron chi connectivity index (χ2n) is 4.27. The Hall–Kier alpha value is -0.390. The molecule has 0 aliphatic rings. The van der Waals surface area contributed by atoms with E-state index in [4.69, 9.17) is 0 Å². The van der Waals surface area contributed by atoms with Crippen LogP contribution in [0.2, 0.25) is 0 Å². The first-order valence-corrected chi connectivity index (χ1v) is 7.51. The lowest BCUT2D eigenvalue weighted by atomic mass is 9.96. The zero-order chi connectivity index (χ0) is 12.4. The molecule has 1 unspecified atom stereocenters. The van der Waals surface area contributed by atoms with E-state index in [1.54, 1.807) is 11.3 Å². The highest BCUT2D eigenvalue weighted by molar-refractivity contribution is 14.1. The fourth-order valence-corrected chi connectivity index (χ4v) is 3.40. The molecule has 0 aliphatic carbocycles. The van der Waals surface area contributed by atoms with Crippen LogP contribution in [0.5, 0.6) is 0 Å². The number of hydrogen-bond donors (Lipinski definition) is 1. The molecule has 1 nitrogen and oxygen atoms in total. The molecule has 0 aliphatic heterocycles. The van der Waals surface area contributed by atoms with Gasteiger partial charge in [-0.05, 0) is 70.1 Å². The second kappa shape index (κ2) is 5.50.